The first-order valence-corrected chi connectivity index (χ1v) is 8.38. The molecule has 1 N–H and O–H groups in total. The predicted molar refractivity (Wildman–Crippen MR) is 101 cm³/mol. The topological polar surface area (TPSA) is 72.7 Å². The van der Waals surface area contributed by atoms with Crippen LogP contribution in [0.25, 0.3) is 22.2 Å². The number of rotatable bonds is 4. The normalized spacial score (nSPS) is 10.8. The van der Waals surface area contributed by atoms with Gasteiger partial charge in [0.25, 0.3) is 0 Å². The smallest absolute Gasteiger partial charge is 0.248 e. The number of aromatic nitrogens is 4. The molecule has 0 saturated heterocycles. The summed E-state index contributed by atoms with van der Waals surface area (Å²) in [5.41, 5.74) is 1.40. The van der Waals surface area contributed by atoms with Crippen LogP contribution in [0.4, 0.5) is 5.69 Å². The fraction of sp³-hybridized carbons (Fsp3) is 0.0526. The monoisotopic (exact) mass is 363 g/mol. The lowest BCUT2D eigenvalue weighted by atomic mass is 10.1. The fourth-order valence-electron chi connectivity index (χ4n) is 2.66. The van der Waals surface area contributed by atoms with E-state index in [2.05, 4.69) is 20.7 Å². The van der Waals surface area contributed by atoms with Gasteiger partial charge in [0.05, 0.1) is 5.02 Å². The highest BCUT2D eigenvalue weighted by Gasteiger charge is 2.11. The van der Waals surface area contributed by atoms with Crippen molar-refractivity contribution in [3.05, 3.63) is 71.8 Å². The molecule has 1 aromatic heterocycles. The molecule has 7 heteroatoms. The summed E-state index contributed by atoms with van der Waals surface area (Å²) in [6, 6.07) is 21.0. The molecule has 0 saturated carbocycles. The number of hydrogen-bond acceptors (Lipinski definition) is 4. The molecule has 4 rings (SSSR count). The Morgan fingerprint density at radius 1 is 1.00 bits per heavy atom. The lowest BCUT2D eigenvalue weighted by Crippen LogP contribution is -2.20. The van der Waals surface area contributed by atoms with Crippen molar-refractivity contribution in [3.63, 3.8) is 0 Å². The van der Waals surface area contributed by atoms with Gasteiger partial charge in [-0.2, -0.15) is 4.80 Å². The van der Waals surface area contributed by atoms with Gasteiger partial charge in [0, 0.05) is 11.3 Å². The van der Waals surface area contributed by atoms with E-state index in [1.807, 2.05) is 54.6 Å². The lowest BCUT2D eigenvalue weighted by molar-refractivity contribution is -0.117. The molecular formula is C19H14ClN5O. The van der Waals surface area contributed by atoms with Gasteiger partial charge >= 0.3 is 0 Å². The molecule has 1 amide bonds. The first-order valence-electron chi connectivity index (χ1n) is 8.00. The number of anilines is 1. The van der Waals surface area contributed by atoms with Crippen LogP contribution in [-0.4, -0.2) is 26.1 Å². The van der Waals surface area contributed by atoms with Gasteiger partial charge in [0.1, 0.15) is 6.54 Å². The second-order valence-corrected chi connectivity index (χ2v) is 6.14. The average molecular weight is 364 g/mol. The molecule has 0 radical (unpaired) electrons. The minimum absolute atomic E-state index is 0.0374. The van der Waals surface area contributed by atoms with Crippen LogP contribution in [0.1, 0.15) is 0 Å². The zero-order valence-corrected chi connectivity index (χ0v) is 14.4. The van der Waals surface area contributed by atoms with E-state index in [1.165, 1.54) is 4.80 Å². The molecule has 0 atom stereocenters. The standard InChI is InChI=1S/C19H14ClN5O/c20-17-8-4-3-7-16(17)19-22-24-25(23-19)12-18(26)21-15-10-9-13-5-1-2-6-14(13)11-15/h1-11H,12H2,(H,21,26). The molecular weight excluding hydrogens is 350 g/mol. The Bertz CT molecular complexity index is 1090. The van der Waals surface area contributed by atoms with Gasteiger partial charge in [-0.15, -0.1) is 10.2 Å². The first kappa shape index (κ1) is 16.2. The largest absolute Gasteiger partial charge is 0.324 e. The van der Waals surface area contributed by atoms with Crippen molar-refractivity contribution in [2.75, 3.05) is 5.32 Å². The van der Waals surface area contributed by atoms with E-state index in [0.717, 1.165) is 16.5 Å². The summed E-state index contributed by atoms with van der Waals surface area (Å²) in [5.74, 6) is 0.150. The summed E-state index contributed by atoms with van der Waals surface area (Å²) in [6.45, 7) is -0.0374. The van der Waals surface area contributed by atoms with E-state index in [9.17, 15) is 4.79 Å². The van der Waals surface area contributed by atoms with Crippen molar-refractivity contribution in [3.8, 4) is 11.4 Å². The van der Waals surface area contributed by atoms with E-state index in [-0.39, 0.29) is 12.5 Å². The first-order chi connectivity index (χ1) is 12.7. The molecule has 1 heterocycles. The molecule has 4 aromatic rings. The third-order valence-corrected chi connectivity index (χ3v) is 4.22. The molecule has 0 aliphatic carbocycles. The highest BCUT2D eigenvalue weighted by Crippen LogP contribution is 2.23. The molecule has 0 aliphatic rings. The van der Waals surface area contributed by atoms with Crippen LogP contribution in [0.5, 0.6) is 0 Å². The minimum atomic E-state index is -0.233. The van der Waals surface area contributed by atoms with Crippen LogP contribution in [0.2, 0.25) is 5.02 Å². The summed E-state index contributed by atoms with van der Waals surface area (Å²) >= 11 is 6.13. The van der Waals surface area contributed by atoms with Crippen molar-refractivity contribution in [2.24, 2.45) is 0 Å². The zero-order chi connectivity index (χ0) is 17.9. The number of nitrogens with zero attached hydrogens (tertiary/aromatic N) is 4. The van der Waals surface area contributed by atoms with Gasteiger partial charge in [-0.25, -0.2) is 0 Å². The van der Waals surface area contributed by atoms with E-state index in [4.69, 9.17) is 11.6 Å². The number of benzene rings is 3. The Morgan fingerprint density at radius 3 is 2.62 bits per heavy atom. The molecule has 3 aromatic carbocycles. The summed E-state index contributed by atoms with van der Waals surface area (Å²) < 4.78 is 0. The Kier molecular flexibility index (Phi) is 4.33. The number of carbonyl (C=O) groups excluding carboxylic acids is 1. The van der Waals surface area contributed by atoms with E-state index >= 15 is 0 Å². The number of hydrogen-bond donors (Lipinski definition) is 1. The number of halogens is 1. The maximum absolute atomic E-state index is 12.3. The number of fused-ring (bicyclic) bond motifs is 1. The minimum Gasteiger partial charge on any atom is -0.324 e. The van der Waals surface area contributed by atoms with Gasteiger partial charge in [-0.1, -0.05) is 54.1 Å². The van der Waals surface area contributed by atoms with Gasteiger partial charge in [0.2, 0.25) is 11.7 Å². The van der Waals surface area contributed by atoms with Crippen LogP contribution >= 0.6 is 11.6 Å². The van der Waals surface area contributed by atoms with Crippen molar-refractivity contribution in [2.45, 2.75) is 6.54 Å². The quantitative estimate of drug-likeness (QED) is 0.598. The summed E-state index contributed by atoms with van der Waals surface area (Å²) in [4.78, 5) is 13.5. The summed E-state index contributed by atoms with van der Waals surface area (Å²) in [5, 5.41) is 17.7. The van der Waals surface area contributed by atoms with Crippen LogP contribution in [0.15, 0.2) is 66.7 Å². The van der Waals surface area contributed by atoms with Crippen molar-refractivity contribution in [1.29, 1.82) is 0 Å². The summed E-state index contributed by atoms with van der Waals surface area (Å²) in [7, 11) is 0. The predicted octanol–water partition coefficient (Wildman–Crippen LogP) is 3.79. The van der Waals surface area contributed by atoms with Gasteiger partial charge in [-0.05, 0) is 40.3 Å². The molecule has 0 unspecified atom stereocenters. The fourth-order valence-corrected chi connectivity index (χ4v) is 2.88. The molecule has 26 heavy (non-hydrogen) atoms. The Labute approximate surface area is 154 Å². The van der Waals surface area contributed by atoms with Gasteiger partial charge in [-0.3, -0.25) is 4.79 Å². The maximum atomic E-state index is 12.3. The third kappa shape index (κ3) is 3.41. The van der Waals surface area contributed by atoms with Crippen LogP contribution in [-0.2, 0) is 11.3 Å². The molecule has 0 bridgehead atoms. The Hall–Kier alpha value is -3.25. The van der Waals surface area contributed by atoms with Crippen LogP contribution in [0.3, 0.4) is 0 Å². The highest BCUT2D eigenvalue weighted by atomic mass is 35.5. The molecule has 0 fully saturated rings. The van der Waals surface area contributed by atoms with E-state index in [0.29, 0.717) is 16.4 Å². The number of tetrazole rings is 1. The van der Waals surface area contributed by atoms with E-state index in [1.54, 1.807) is 12.1 Å². The molecule has 6 nitrogen and oxygen atoms in total. The van der Waals surface area contributed by atoms with Crippen LogP contribution < -0.4 is 5.32 Å². The zero-order valence-electron chi connectivity index (χ0n) is 13.6. The molecule has 128 valence electrons. The highest BCUT2D eigenvalue weighted by molar-refractivity contribution is 6.33. The lowest BCUT2D eigenvalue weighted by Gasteiger charge is -2.06. The Morgan fingerprint density at radius 2 is 1.77 bits per heavy atom. The van der Waals surface area contributed by atoms with Gasteiger partial charge < -0.3 is 5.32 Å². The average Bonchev–Trinajstić information content (AvgIpc) is 3.10. The summed E-state index contributed by atoms with van der Waals surface area (Å²) in [6.07, 6.45) is 0. The number of carbonyl (C=O) groups is 1. The number of amides is 1. The second-order valence-electron chi connectivity index (χ2n) is 5.73. The SMILES string of the molecule is O=C(Cn1nnc(-c2ccccc2Cl)n1)Nc1ccc2ccccc2c1. The Balaban J connectivity index is 1.47. The van der Waals surface area contributed by atoms with Crippen molar-refractivity contribution < 1.29 is 4.79 Å². The van der Waals surface area contributed by atoms with Crippen LogP contribution in [0, 0.1) is 0 Å². The molecule has 0 spiro atoms. The third-order valence-electron chi connectivity index (χ3n) is 3.89. The second kappa shape index (κ2) is 6.93. The van der Waals surface area contributed by atoms with Crippen molar-refractivity contribution >= 4 is 34.0 Å². The van der Waals surface area contributed by atoms with Gasteiger partial charge in [0.15, 0.2) is 0 Å². The van der Waals surface area contributed by atoms with E-state index < -0.39 is 0 Å². The maximum Gasteiger partial charge on any atom is 0.248 e. The number of nitrogens with one attached hydrogen (secondary N) is 1. The molecule has 0 aliphatic heterocycles. The van der Waals surface area contributed by atoms with Crippen molar-refractivity contribution in [1.82, 2.24) is 20.2 Å².